The Morgan fingerprint density at radius 1 is 0.919 bits per heavy atom. The van der Waals surface area contributed by atoms with E-state index in [1.165, 1.54) is 18.4 Å². The fourth-order valence-electron chi connectivity index (χ4n) is 11.9. The third-order valence-electron chi connectivity index (χ3n) is 14.0. The van der Waals surface area contributed by atoms with Gasteiger partial charge in [-0.3, -0.25) is 4.79 Å². The average molecular weight is 515 g/mol. The third-order valence-corrected chi connectivity index (χ3v) is 14.0. The first-order valence-electron chi connectivity index (χ1n) is 15.5. The van der Waals surface area contributed by atoms with E-state index in [1.54, 1.807) is 0 Å². The van der Waals surface area contributed by atoms with E-state index in [1.807, 2.05) is 0 Å². The molecule has 4 nitrogen and oxygen atoms in total. The van der Waals surface area contributed by atoms with E-state index in [0.717, 1.165) is 57.8 Å². The summed E-state index contributed by atoms with van der Waals surface area (Å²) in [5.41, 5.74) is 1.01. The molecule has 0 saturated heterocycles. The van der Waals surface area contributed by atoms with Gasteiger partial charge >= 0.3 is 5.97 Å². The number of aliphatic hydroxyl groups is 2. The van der Waals surface area contributed by atoms with Crippen LogP contribution < -0.4 is 0 Å². The van der Waals surface area contributed by atoms with Gasteiger partial charge in [-0.1, -0.05) is 46.8 Å². The molecule has 0 heterocycles. The first-order chi connectivity index (χ1) is 17.4. The largest absolute Gasteiger partial charge is 0.465 e. The predicted molar refractivity (Wildman–Crippen MR) is 148 cm³/mol. The summed E-state index contributed by atoms with van der Waals surface area (Å²) < 4.78 is 5.92. The molecule has 5 saturated carbocycles. The van der Waals surface area contributed by atoms with Crippen LogP contribution >= 0.6 is 0 Å². The number of fused-ring (bicyclic) bond motifs is 7. The Bertz CT molecular complexity index is 929. The van der Waals surface area contributed by atoms with Crippen molar-refractivity contribution in [1.82, 2.24) is 0 Å². The minimum atomic E-state index is -0.411. The summed E-state index contributed by atoms with van der Waals surface area (Å²) in [4.78, 5) is 13.7. The number of allylic oxidation sites excluding steroid dienone is 1. The topological polar surface area (TPSA) is 66.8 Å². The van der Waals surface area contributed by atoms with Gasteiger partial charge in [0, 0.05) is 5.41 Å². The summed E-state index contributed by atoms with van der Waals surface area (Å²) in [6.45, 7) is 19.1. The van der Waals surface area contributed by atoms with E-state index < -0.39 is 11.5 Å². The molecule has 0 spiro atoms. The second-order valence-corrected chi connectivity index (χ2v) is 15.2. The molecule has 5 fully saturated rings. The van der Waals surface area contributed by atoms with E-state index >= 15 is 0 Å². The molecular weight excluding hydrogens is 460 g/mol. The van der Waals surface area contributed by atoms with Crippen LogP contribution in [0.25, 0.3) is 0 Å². The minimum absolute atomic E-state index is 0.0719. The average Bonchev–Trinajstić information content (AvgIpc) is 3.27. The zero-order chi connectivity index (χ0) is 27.0. The molecule has 0 aromatic rings. The van der Waals surface area contributed by atoms with Crippen molar-refractivity contribution < 1.29 is 19.7 Å². The number of aliphatic hydroxyl groups excluding tert-OH is 2. The van der Waals surface area contributed by atoms with E-state index in [2.05, 4.69) is 48.1 Å². The number of rotatable bonds is 5. The molecule has 37 heavy (non-hydrogen) atoms. The Morgan fingerprint density at radius 3 is 2.30 bits per heavy atom. The second-order valence-electron chi connectivity index (χ2n) is 15.2. The van der Waals surface area contributed by atoms with Gasteiger partial charge < -0.3 is 14.9 Å². The summed E-state index contributed by atoms with van der Waals surface area (Å²) in [6.07, 6.45) is 11.0. The Morgan fingerprint density at radius 2 is 1.65 bits per heavy atom. The fourth-order valence-corrected chi connectivity index (χ4v) is 11.9. The van der Waals surface area contributed by atoms with Crippen molar-refractivity contribution in [2.45, 2.75) is 118 Å². The van der Waals surface area contributed by atoms with E-state index in [4.69, 9.17) is 4.74 Å². The quantitative estimate of drug-likeness (QED) is 0.308. The smallest absolute Gasteiger partial charge is 0.312 e. The molecule has 4 heteroatoms. The van der Waals surface area contributed by atoms with Crippen LogP contribution in [0.5, 0.6) is 0 Å². The Labute approximate surface area is 226 Å². The lowest BCUT2D eigenvalue weighted by Crippen LogP contribution is -2.67. The van der Waals surface area contributed by atoms with Crippen LogP contribution in [-0.4, -0.2) is 35.5 Å². The van der Waals surface area contributed by atoms with Crippen molar-refractivity contribution in [2.75, 3.05) is 13.2 Å². The number of esters is 1. The second kappa shape index (κ2) is 9.08. The molecule has 0 aliphatic heterocycles. The molecule has 0 radical (unpaired) electrons. The van der Waals surface area contributed by atoms with Crippen molar-refractivity contribution in [3.63, 3.8) is 0 Å². The maximum absolute atomic E-state index is 13.7. The number of hydrogen-bond acceptors (Lipinski definition) is 4. The molecule has 5 aliphatic rings. The normalized spacial score (nSPS) is 52.9. The van der Waals surface area contributed by atoms with Crippen LogP contribution in [0.3, 0.4) is 0 Å². The highest BCUT2D eigenvalue weighted by molar-refractivity contribution is 5.78. The van der Waals surface area contributed by atoms with Crippen molar-refractivity contribution in [2.24, 2.45) is 56.7 Å². The molecule has 2 N–H and O–H groups in total. The summed E-state index contributed by atoms with van der Waals surface area (Å²) in [6, 6.07) is 0. The lowest BCUT2D eigenvalue weighted by Gasteiger charge is -2.72. The molecular formula is C33H54O4. The van der Waals surface area contributed by atoms with Crippen molar-refractivity contribution in [3.05, 3.63) is 12.2 Å². The molecule has 3 unspecified atom stereocenters. The first-order valence-corrected chi connectivity index (χ1v) is 15.5. The lowest BCUT2D eigenvalue weighted by atomic mass is 9.32. The molecule has 0 amide bonds. The molecule has 5 aliphatic carbocycles. The van der Waals surface area contributed by atoms with Gasteiger partial charge in [0.15, 0.2) is 0 Å². The van der Waals surface area contributed by atoms with E-state index in [-0.39, 0.29) is 34.2 Å². The predicted octanol–water partition coefficient (Wildman–Crippen LogP) is 6.93. The zero-order valence-electron chi connectivity index (χ0n) is 24.6. The van der Waals surface area contributed by atoms with Gasteiger partial charge in [0.05, 0.1) is 24.7 Å². The summed E-state index contributed by atoms with van der Waals surface area (Å²) in [5, 5.41) is 21.5. The first kappa shape index (κ1) is 27.7. The number of ether oxygens (including phenoxy) is 1. The van der Waals surface area contributed by atoms with E-state index in [0.29, 0.717) is 36.2 Å². The maximum atomic E-state index is 13.7. The van der Waals surface area contributed by atoms with Gasteiger partial charge in [0.1, 0.15) is 0 Å². The van der Waals surface area contributed by atoms with Gasteiger partial charge in [-0.25, -0.2) is 0 Å². The van der Waals surface area contributed by atoms with Crippen molar-refractivity contribution in [3.8, 4) is 0 Å². The Kier molecular flexibility index (Phi) is 6.80. The SMILES string of the molecule is C=C(C)[C@@H]1CC[C@]2(C(=O)OCCC)CC[C@]3(C)C(CCC4[C@@]5(C)CC[C@H](O)[C@@](C)(CO)[C@@H]5CC[C@]43C)C12. The lowest BCUT2D eigenvalue weighted by molar-refractivity contribution is -0.254. The van der Waals surface area contributed by atoms with Crippen molar-refractivity contribution >= 4 is 5.97 Å². The standard InChI is InChI=1S/C33H54O4/c1-8-19-37-28(36)33-16-11-22(21(2)3)27(33)23-9-10-25-29(4)14-13-26(35)30(5,20-34)24(29)12-15-32(25,7)31(23,6)17-18-33/h22-27,34-35H,2,8-20H2,1,3-7H3/t22-,23?,24+,25?,26-,27?,29-,30-,31+,32+,33-/m0/s1. The molecule has 0 bridgehead atoms. The fraction of sp³-hybridized carbons (Fsp3) is 0.909. The number of hydrogen-bond donors (Lipinski definition) is 2. The van der Waals surface area contributed by atoms with Crippen LogP contribution in [0, 0.1) is 56.7 Å². The van der Waals surface area contributed by atoms with Gasteiger partial charge in [0.25, 0.3) is 0 Å². The van der Waals surface area contributed by atoms with Crippen LogP contribution in [0.1, 0.15) is 112 Å². The van der Waals surface area contributed by atoms with Gasteiger partial charge in [-0.05, 0) is 123 Å². The van der Waals surface area contributed by atoms with Crippen LogP contribution in [0.4, 0.5) is 0 Å². The Hall–Kier alpha value is -0.870. The third kappa shape index (κ3) is 3.49. The van der Waals surface area contributed by atoms with Crippen molar-refractivity contribution in [1.29, 1.82) is 0 Å². The van der Waals surface area contributed by atoms with Crippen LogP contribution in [-0.2, 0) is 9.53 Å². The van der Waals surface area contributed by atoms with Crippen LogP contribution in [0.15, 0.2) is 12.2 Å². The van der Waals surface area contributed by atoms with Crippen LogP contribution in [0.2, 0.25) is 0 Å². The van der Waals surface area contributed by atoms with Gasteiger partial charge in [0.2, 0.25) is 0 Å². The summed E-state index contributed by atoms with van der Waals surface area (Å²) in [7, 11) is 0. The highest BCUT2D eigenvalue weighted by Gasteiger charge is 2.72. The summed E-state index contributed by atoms with van der Waals surface area (Å²) in [5.74, 6) is 2.28. The molecule has 0 aromatic heterocycles. The minimum Gasteiger partial charge on any atom is -0.465 e. The Balaban J connectivity index is 1.54. The molecule has 0 aromatic carbocycles. The van der Waals surface area contributed by atoms with Gasteiger partial charge in [-0.15, -0.1) is 0 Å². The van der Waals surface area contributed by atoms with Gasteiger partial charge in [-0.2, -0.15) is 0 Å². The highest BCUT2D eigenvalue weighted by atomic mass is 16.5. The molecule has 5 rings (SSSR count). The zero-order valence-corrected chi connectivity index (χ0v) is 24.6. The molecule has 11 atom stereocenters. The highest BCUT2D eigenvalue weighted by Crippen LogP contribution is 2.77. The summed E-state index contributed by atoms with van der Waals surface area (Å²) >= 11 is 0. The maximum Gasteiger partial charge on any atom is 0.312 e. The number of carbonyl (C=O) groups excluding carboxylic acids is 1. The monoisotopic (exact) mass is 514 g/mol. The number of carbonyl (C=O) groups is 1. The molecule has 210 valence electrons. The van der Waals surface area contributed by atoms with E-state index in [9.17, 15) is 15.0 Å².